The lowest BCUT2D eigenvalue weighted by Crippen LogP contribution is -2.13. The smallest absolute Gasteiger partial charge is 0.128 e. The van der Waals surface area contributed by atoms with Crippen LogP contribution in [-0.4, -0.2) is 18.4 Å². The second kappa shape index (κ2) is 8.20. The average molecular weight is 319 g/mol. The zero-order valence-electron chi connectivity index (χ0n) is 15.0. The molecule has 0 aliphatic carbocycles. The fourth-order valence-corrected chi connectivity index (χ4v) is 2.50. The largest absolute Gasteiger partial charge is 0.507 e. The van der Waals surface area contributed by atoms with E-state index in [4.69, 9.17) is 0 Å². The molecule has 124 valence electrons. The molecule has 0 aliphatic rings. The maximum Gasteiger partial charge on any atom is 0.128 e. The average Bonchev–Trinajstić information content (AvgIpc) is 2.50. The molecule has 1 rings (SSSR count). The highest BCUT2D eigenvalue weighted by molar-refractivity contribution is 5.87. The molecule has 0 bridgehead atoms. The van der Waals surface area contributed by atoms with Crippen molar-refractivity contribution in [2.75, 3.05) is 7.05 Å². The number of aromatic hydroxyl groups is 1. The molecule has 0 saturated carbocycles. The van der Waals surface area contributed by atoms with E-state index < -0.39 is 0 Å². The molecular weight excluding hydrogens is 294 g/mol. The Balaban J connectivity index is 3.74. The number of phenols is 1. The molecule has 0 atom stereocenters. The van der Waals surface area contributed by atoms with Gasteiger partial charge in [-0.2, -0.15) is 0 Å². The summed E-state index contributed by atoms with van der Waals surface area (Å²) in [6.07, 6.45) is 5.27. The van der Waals surface area contributed by atoms with Crippen LogP contribution in [0.25, 0.3) is 5.57 Å². The van der Waals surface area contributed by atoms with E-state index in [-0.39, 0.29) is 17.1 Å². The number of hydrogen-bond acceptors (Lipinski definition) is 2. The van der Waals surface area contributed by atoms with Gasteiger partial charge in [0.25, 0.3) is 0 Å². The number of aliphatic imine (C=N–C) groups is 1. The topological polar surface area (TPSA) is 32.6 Å². The summed E-state index contributed by atoms with van der Waals surface area (Å²) in [4.78, 5) is 4.04. The third-order valence-electron chi connectivity index (χ3n) is 3.65. The normalized spacial score (nSPS) is 12.0. The predicted molar refractivity (Wildman–Crippen MR) is 104 cm³/mol. The summed E-state index contributed by atoms with van der Waals surface area (Å²) in [5.41, 5.74) is 11.6. The van der Waals surface area contributed by atoms with Crippen molar-refractivity contribution in [2.24, 2.45) is 10.9 Å². The van der Waals surface area contributed by atoms with Crippen molar-refractivity contribution in [3.63, 3.8) is 0 Å². The van der Waals surface area contributed by atoms with Crippen molar-refractivity contribution in [1.29, 1.82) is 0 Å². The first-order valence-electron chi connectivity index (χ1n) is 7.72. The molecule has 1 aromatic carbocycles. The molecule has 0 unspecified atom stereocenters. The van der Waals surface area contributed by atoms with E-state index in [9.17, 15) is 5.11 Å². The molecule has 0 heterocycles. The van der Waals surface area contributed by atoms with Gasteiger partial charge in [0.1, 0.15) is 5.75 Å². The molecule has 2 heteroatoms. The molecule has 1 N–H and O–H groups in total. The van der Waals surface area contributed by atoms with Gasteiger partial charge in [0.05, 0.1) is 0 Å². The Morgan fingerprint density at radius 3 is 2.17 bits per heavy atom. The van der Waals surface area contributed by atoms with Crippen molar-refractivity contribution in [2.45, 2.75) is 26.2 Å². The Morgan fingerprint density at radius 2 is 1.75 bits per heavy atom. The van der Waals surface area contributed by atoms with Gasteiger partial charge < -0.3 is 5.11 Å². The van der Waals surface area contributed by atoms with E-state index >= 15 is 0 Å². The number of hydrogen-bond donors (Lipinski definition) is 1. The fourth-order valence-electron chi connectivity index (χ4n) is 2.50. The Kier molecular flexibility index (Phi) is 6.59. The zero-order valence-corrected chi connectivity index (χ0v) is 15.0. The highest BCUT2D eigenvalue weighted by Crippen LogP contribution is 2.37. The summed E-state index contributed by atoms with van der Waals surface area (Å²) in [7, 11) is 1.68. The minimum Gasteiger partial charge on any atom is -0.507 e. The molecule has 2 nitrogen and oxygen atoms in total. The summed E-state index contributed by atoms with van der Waals surface area (Å²) in [5.74, 6) is 0.108. The maximum atomic E-state index is 10.6. The highest BCUT2D eigenvalue weighted by Gasteiger charge is 2.22. The van der Waals surface area contributed by atoms with E-state index in [0.717, 1.165) is 16.7 Å². The predicted octanol–water partition coefficient (Wildman–Crippen LogP) is 5.21. The Hall–Kier alpha value is -2.75. The lowest BCUT2D eigenvalue weighted by Gasteiger charge is -2.23. The first kappa shape index (κ1) is 19.3. The highest BCUT2D eigenvalue weighted by atomic mass is 16.3. The maximum absolute atomic E-state index is 10.6. The molecule has 1 aromatic rings. The summed E-state index contributed by atoms with van der Waals surface area (Å²) in [6, 6.07) is 3.85. The van der Waals surface area contributed by atoms with Crippen molar-refractivity contribution >= 4 is 11.8 Å². The number of allylic oxidation sites excluding steroid dienone is 3. The molecule has 0 amide bonds. The number of phenolic OH excluding ortho intramolecular Hbond substituents is 1. The number of nitrogens with zero attached hydrogens (tertiary/aromatic N) is 1. The van der Waals surface area contributed by atoms with Crippen LogP contribution in [0.3, 0.4) is 0 Å². The van der Waals surface area contributed by atoms with Crippen LogP contribution in [0.15, 0.2) is 66.2 Å². The van der Waals surface area contributed by atoms with Crippen molar-refractivity contribution in [1.82, 2.24) is 0 Å². The van der Waals surface area contributed by atoms with Gasteiger partial charge in [-0.05, 0) is 35.3 Å². The van der Waals surface area contributed by atoms with Gasteiger partial charge >= 0.3 is 0 Å². The van der Waals surface area contributed by atoms with Crippen LogP contribution in [0.5, 0.6) is 5.75 Å². The van der Waals surface area contributed by atoms with Crippen LogP contribution in [0.2, 0.25) is 0 Å². The third kappa shape index (κ3) is 4.38. The standard InChI is InChI=1S/C22H25NO/c1-8-11-16(12-9-2)19(10-3)17-13-18(15-23-7)21(24)20(14-17)22(4,5)6/h11-16,24H,1-3H2,4-7H3. The van der Waals surface area contributed by atoms with Gasteiger partial charge in [0, 0.05) is 35.9 Å². The SMILES string of the molecule is C=C=CC(C=C=C)C(=C=C)c1cc(C=NC)c(O)c(C(C)(C)C)c1. The minimum absolute atomic E-state index is 0.138. The van der Waals surface area contributed by atoms with E-state index in [2.05, 4.69) is 62.7 Å². The quantitative estimate of drug-likeness (QED) is 0.587. The van der Waals surface area contributed by atoms with Gasteiger partial charge in [0.2, 0.25) is 0 Å². The van der Waals surface area contributed by atoms with Crippen LogP contribution in [-0.2, 0) is 5.41 Å². The monoisotopic (exact) mass is 319 g/mol. The third-order valence-corrected chi connectivity index (χ3v) is 3.65. The second-order valence-electron chi connectivity index (χ2n) is 6.46. The summed E-state index contributed by atoms with van der Waals surface area (Å²) >= 11 is 0. The lowest BCUT2D eigenvalue weighted by atomic mass is 9.81. The molecule has 0 spiro atoms. The molecule has 0 aliphatic heterocycles. The van der Waals surface area contributed by atoms with E-state index in [1.807, 2.05) is 24.3 Å². The van der Waals surface area contributed by atoms with Crippen LogP contribution < -0.4 is 0 Å². The van der Waals surface area contributed by atoms with E-state index in [1.54, 1.807) is 13.3 Å². The molecule has 0 fully saturated rings. The first-order chi connectivity index (χ1) is 11.3. The summed E-state index contributed by atoms with van der Waals surface area (Å²) in [6.45, 7) is 17.3. The van der Waals surface area contributed by atoms with Gasteiger partial charge in [-0.15, -0.1) is 17.2 Å². The lowest BCUT2D eigenvalue weighted by molar-refractivity contribution is 0.446. The summed E-state index contributed by atoms with van der Waals surface area (Å²) < 4.78 is 0. The Labute approximate surface area is 145 Å². The Bertz CT molecular complexity index is 768. The van der Waals surface area contributed by atoms with Gasteiger partial charge in [-0.25, -0.2) is 0 Å². The molecule has 0 saturated heterocycles. The van der Waals surface area contributed by atoms with Gasteiger partial charge in [-0.1, -0.05) is 40.5 Å². The minimum atomic E-state index is -0.221. The number of benzene rings is 1. The molecule has 0 radical (unpaired) electrons. The zero-order chi connectivity index (χ0) is 18.3. The van der Waals surface area contributed by atoms with Crippen LogP contribution in [0.1, 0.15) is 37.5 Å². The van der Waals surface area contributed by atoms with Gasteiger partial charge in [0.15, 0.2) is 0 Å². The van der Waals surface area contributed by atoms with Crippen molar-refractivity contribution in [3.8, 4) is 5.75 Å². The van der Waals surface area contributed by atoms with Crippen LogP contribution >= 0.6 is 0 Å². The summed E-state index contributed by atoms with van der Waals surface area (Å²) in [5, 5.41) is 10.6. The molecule has 24 heavy (non-hydrogen) atoms. The first-order valence-corrected chi connectivity index (χ1v) is 7.72. The molecular formula is C22H25NO. The fraction of sp³-hybridized carbons (Fsp3) is 0.273. The van der Waals surface area contributed by atoms with Crippen molar-refractivity contribution in [3.05, 3.63) is 77.9 Å². The number of rotatable bonds is 5. The van der Waals surface area contributed by atoms with E-state index in [1.165, 1.54) is 0 Å². The molecule has 0 aromatic heterocycles. The Morgan fingerprint density at radius 1 is 1.17 bits per heavy atom. The second-order valence-corrected chi connectivity index (χ2v) is 6.46. The van der Waals surface area contributed by atoms with Crippen molar-refractivity contribution < 1.29 is 5.11 Å². The van der Waals surface area contributed by atoms with Gasteiger partial charge in [-0.3, -0.25) is 4.99 Å². The van der Waals surface area contributed by atoms with Crippen LogP contribution in [0, 0.1) is 5.92 Å². The van der Waals surface area contributed by atoms with E-state index in [0.29, 0.717) is 5.56 Å². The van der Waals surface area contributed by atoms with Crippen LogP contribution in [0.4, 0.5) is 0 Å².